The number of hydrogen-bond donors (Lipinski definition) is 0. The first kappa shape index (κ1) is 10.2. The van der Waals surface area contributed by atoms with Crippen LogP contribution in [0.4, 0.5) is 0 Å². The molecule has 16 heavy (non-hydrogen) atoms. The molecular formula is C12H10N2O2. The molecule has 0 aliphatic rings. The van der Waals surface area contributed by atoms with Crippen LogP contribution < -0.4 is 4.74 Å². The van der Waals surface area contributed by atoms with Crippen molar-refractivity contribution in [3.63, 3.8) is 0 Å². The molecule has 1 heterocycles. The minimum Gasteiger partial charge on any atom is -0.497 e. The van der Waals surface area contributed by atoms with E-state index in [-0.39, 0.29) is 6.54 Å². The van der Waals surface area contributed by atoms with E-state index in [1.165, 1.54) is 0 Å². The Morgan fingerprint density at radius 2 is 2.31 bits per heavy atom. The third kappa shape index (κ3) is 1.52. The minimum atomic E-state index is 0.157. The molecule has 0 unspecified atom stereocenters. The molecule has 0 aliphatic heterocycles. The van der Waals surface area contributed by atoms with Crippen LogP contribution in [0.15, 0.2) is 24.3 Å². The summed E-state index contributed by atoms with van der Waals surface area (Å²) in [5, 5.41) is 9.65. The van der Waals surface area contributed by atoms with Crippen LogP contribution >= 0.6 is 0 Å². The number of ether oxygens (including phenoxy) is 1. The van der Waals surface area contributed by atoms with Gasteiger partial charge in [-0.15, -0.1) is 0 Å². The fourth-order valence-corrected chi connectivity index (χ4v) is 1.73. The van der Waals surface area contributed by atoms with Gasteiger partial charge in [0.15, 0.2) is 6.29 Å². The normalized spacial score (nSPS) is 10.0. The zero-order chi connectivity index (χ0) is 11.5. The molecule has 0 fully saturated rings. The molecule has 0 spiro atoms. The summed E-state index contributed by atoms with van der Waals surface area (Å²) in [6.45, 7) is 0.157. The second kappa shape index (κ2) is 4.07. The molecule has 0 saturated heterocycles. The number of nitriles is 1. The van der Waals surface area contributed by atoms with Crippen LogP contribution in [0.25, 0.3) is 10.9 Å². The van der Waals surface area contributed by atoms with Gasteiger partial charge in [0.1, 0.15) is 12.3 Å². The van der Waals surface area contributed by atoms with Crippen LogP contribution in [0.1, 0.15) is 10.5 Å². The Morgan fingerprint density at radius 3 is 2.94 bits per heavy atom. The highest BCUT2D eigenvalue weighted by Gasteiger charge is 2.08. The molecule has 2 aromatic rings. The van der Waals surface area contributed by atoms with Gasteiger partial charge >= 0.3 is 0 Å². The van der Waals surface area contributed by atoms with Gasteiger partial charge in [0.25, 0.3) is 0 Å². The lowest BCUT2D eigenvalue weighted by Gasteiger charge is -2.03. The Balaban J connectivity index is 2.71. The largest absolute Gasteiger partial charge is 0.497 e. The van der Waals surface area contributed by atoms with Crippen LogP contribution in [0.3, 0.4) is 0 Å². The van der Waals surface area contributed by atoms with Crippen LogP contribution in [0.5, 0.6) is 5.75 Å². The van der Waals surface area contributed by atoms with Crippen molar-refractivity contribution < 1.29 is 9.53 Å². The number of hydrogen-bond acceptors (Lipinski definition) is 3. The summed E-state index contributed by atoms with van der Waals surface area (Å²) in [6.07, 6.45) is 0.754. The number of aromatic nitrogens is 1. The van der Waals surface area contributed by atoms with Gasteiger partial charge in [-0.1, -0.05) is 0 Å². The lowest BCUT2D eigenvalue weighted by Crippen LogP contribution is -2.00. The first-order valence-corrected chi connectivity index (χ1v) is 4.79. The van der Waals surface area contributed by atoms with Crippen LogP contribution in [0.2, 0.25) is 0 Å². The smallest absolute Gasteiger partial charge is 0.166 e. The van der Waals surface area contributed by atoms with E-state index in [1.807, 2.05) is 24.3 Å². The third-order valence-electron chi connectivity index (χ3n) is 2.49. The van der Waals surface area contributed by atoms with Gasteiger partial charge < -0.3 is 9.30 Å². The molecule has 0 radical (unpaired) electrons. The lowest BCUT2D eigenvalue weighted by molar-refractivity contribution is 0.111. The molecule has 1 aromatic carbocycles. The van der Waals surface area contributed by atoms with Crippen LogP contribution in [-0.4, -0.2) is 18.0 Å². The maximum absolute atomic E-state index is 10.9. The van der Waals surface area contributed by atoms with E-state index < -0.39 is 0 Å². The number of carbonyl (C=O) groups excluding carboxylic acids is 1. The van der Waals surface area contributed by atoms with E-state index in [0.717, 1.165) is 17.2 Å². The standard InChI is InChI=1S/C12H10N2O2/c1-16-11-3-2-9-6-10(8-15)14(5-4-13)12(9)7-11/h2-3,6-8H,5H2,1H3. The van der Waals surface area contributed by atoms with Gasteiger partial charge in [-0.3, -0.25) is 4.79 Å². The average Bonchev–Trinajstić information content (AvgIpc) is 2.67. The molecule has 4 heteroatoms. The molecule has 4 nitrogen and oxygen atoms in total. The summed E-state index contributed by atoms with van der Waals surface area (Å²) in [5.74, 6) is 0.710. The van der Waals surface area contributed by atoms with Crippen molar-refractivity contribution in [1.29, 1.82) is 5.26 Å². The van der Waals surface area contributed by atoms with E-state index in [1.54, 1.807) is 17.7 Å². The number of rotatable bonds is 3. The summed E-state index contributed by atoms with van der Waals surface area (Å²) in [6, 6.07) is 9.32. The molecule has 2 rings (SSSR count). The van der Waals surface area contributed by atoms with Crippen molar-refractivity contribution in [2.24, 2.45) is 0 Å². The van der Waals surface area contributed by atoms with Gasteiger partial charge in [0, 0.05) is 11.5 Å². The minimum absolute atomic E-state index is 0.157. The first-order chi connectivity index (χ1) is 7.80. The van der Waals surface area contributed by atoms with Crippen molar-refractivity contribution >= 4 is 17.2 Å². The number of aldehydes is 1. The van der Waals surface area contributed by atoms with E-state index >= 15 is 0 Å². The maximum atomic E-state index is 10.9. The quantitative estimate of drug-likeness (QED) is 0.734. The highest BCUT2D eigenvalue weighted by atomic mass is 16.5. The molecule has 0 N–H and O–H groups in total. The Hall–Kier alpha value is -2.28. The molecule has 0 saturated carbocycles. The summed E-state index contributed by atoms with van der Waals surface area (Å²) in [4.78, 5) is 10.9. The zero-order valence-electron chi connectivity index (χ0n) is 8.80. The average molecular weight is 214 g/mol. The summed E-state index contributed by atoms with van der Waals surface area (Å²) in [7, 11) is 1.58. The van der Waals surface area contributed by atoms with Gasteiger partial charge in [-0.05, 0) is 18.2 Å². The van der Waals surface area contributed by atoms with E-state index in [9.17, 15) is 4.79 Å². The van der Waals surface area contributed by atoms with Gasteiger partial charge in [0.2, 0.25) is 0 Å². The first-order valence-electron chi connectivity index (χ1n) is 4.79. The Bertz CT molecular complexity index is 578. The number of nitrogens with zero attached hydrogens (tertiary/aromatic N) is 2. The molecular weight excluding hydrogens is 204 g/mol. The lowest BCUT2D eigenvalue weighted by atomic mass is 10.2. The Kier molecular flexibility index (Phi) is 2.61. The Morgan fingerprint density at radius 1 is 1.50 bits per heavy atom. The van der Waals surface area contributed by atoms with Crippen molar-refractivity contribution in [2.45, 2.75) is 6.54 Å². The number of methoxy groups -OCH3 is 1. The fraction of sp³-hybridized carbons (Fsp3) is 0.167. The number of fused-ring (bicyclic) bond motifs is 1. The highest BCUT2D eigenvalue weighted by molar-refractivity contribution is 5.89. The Labute approximate surface area is 92.7 Å². The van der Waals surface area contributed by atoms with Gasteiger partial charge in [-0.2, -0.15) is 5.26 Å². The van der Waals surface area contributed by atoms with E-state index in [2.05, 4.69) is 0 Å². The molecule has 80 valence electrons. The van der Waals surface area contributed by atoms with Crippen LogP contribution in [0, 0.1) is 11.3 Å². The van der Waals surface area contributed by atoms with Crippen molar-refractivity contribution in [2.75, 3.05) is 7.11 Å². The predicted molar refractivity (Wildman–Crippen MR) is 59.5 cm³/mol. The number of benzene rings is 1. The van der Waals surface area contributed by atoms with Crippen molar-refractivity contribution in [3.05, 3.63) is 30.0 Å². The zero-order valence-corrected chi connectivity index (χ0v) is 8.80. The molecule has 1 aromatic heterocycles. The van der Waals surface area contributed by atoms with Crippen molar-refractivity contribution in [3.8, 4) is 11.8 Å². The fourth-order valence-electron chi connectivity index (χ4n) is 1.73. The van der Waals surface area contributed by atoms with E-state index in [0.29, 0.717) is 11.4 Å². The second-order valence-electron chi connectivity index (χ2n) is 3.36. The SMILES string of the molecule is COc1ccc2cc(C=O)n(CC#N)c2c1. The molecule has 0 aliphatic carbocycles. The third-order valence-corrected chi connectivity index (χ3v) is 2.49. The highest BCUT2D eigenvalue weighted by Crippen LogP contribution is 2.23. The van der Waals surface area contributed by atoms with Crippen LogP contribution in [-0.2, 0) is 6.54 Å². The van der Waals surface area contributed by atoms with Gasteiger partial charge in [-0.25, -0.2) is 0 Å². The summed E-state index contributed by atoms with van der Waals surface area (Å²) >= 11 is 0. The molecule has 0 amide bonds. The number of carbonyl (C=O) groups is 1. The monoisotopic (exact) mass is 214 g/mol. The predicted octanol–water partition coefficient (Wildman–Crippen LogP) is 1.99. The summed E-state index contributed by atoms with van der Waals surface area (Å²) < 4.78 is 6.79. The summed E-state index contributed by atoms with van der Waals surface area (Å²) in [5.41, 5.74) is 1.34. The molecule has 0 bridgehead atoms. The second-order valence-corrected chi connectivity index (χ2v) is 3.36. The topological polar surface area (TPSA) is 55.0 Å². The molecule has 0 atom stereocenters. The van der Waals surface area contributed by atoms with Gasteiger partial charge in [0.05, 0.1) is 24.4 Å². The van der Waals surface area contributed by atoms with E-state index in [4.69, 9.17) is 10.00 Å². The van der Waals surface area contributed by atoms with Crippen molar-refractivity contribution in [1.82, 2.24) is 4.57 Å². The maximum Gasteiger partial charge on any atom is 0.166 e.